The molecule has 0 aliphatic rings. The molecule has 1 amide bonds. The van der Waals surface area contributed by atoms with E-state index in [1.165, 1.54) is 0 Å². The molecular weight excluding hydrogens is 240 g/mol. The standard InChI is InChI=1S/C11H20N2O5/c12-7-2-1-5-9(14)13-8(11(17)18)4-3-6-10(15)16/h8H,1-7,12H2,(H,13,14)(H,15,16)(H,17,18)/t8-/m1/s1. The van der Waals surface area contributed by atoms with Crippen molar-refractivity contribution in [3.8, 4) is 0 Å². The van der Waals surface area contributed by atoms with E-state index in [1.54, 1.807) is 0 Å². The topological polar surface area (TPSA) is 130 Å². The largest absolute Gasteiger partial charge is 0.481 e. The Hall–Kier alpha value is -1.63. The van der Waals surface area contributed by atoms with Crippen LogP contribution in [-0.2, 0) is 14.4 Å². The van der Waals surface area contributed by atoms with E-state index >= 15 is 0 Å². The van der Waals surface area contributed by atoms with Crippen LogP contribution in [0.25, 0.3) is 0 Å². The van der Waals surface area contributed by atoms with Crippen LogP contribution in [0.1, 0.15) is 38.5 Å². The highest BCUT2D eigenvalue weighted by atomic mass is 16.4. The number of unbranched alkanes of at least 4 members (excludes halogenated alkanes) is 1. The van der Waals surface area contributed by atoms with Gasteiger partial charge in [-0.05, 0) is 32.2 Å². The van der Waals surface area contributed by atoms with Crippen LogP contribution < -0.4 is 11.1 Å². The Morgan fingerprint density at radius 3 is 2.22 bits per heavy atom. The van der Waals surface area contributed by atoms with Crippen molar-refractivity contribution in [3.05, 3.63) is 0 Å². The Morgan fingerprint density at radius 2 is 1.72 bits per heavy atom. The van der Waals surface area contributed by atoms with Gasteiger partial charge in [-0.3, -0.25) is 9.59 Å². The van der Waals surface area contributed by atoms with Crippen molar-refractivity contribution in [2.75, 3.05) is 6.54 Å². The van der Waals surface area contributed by atoms with Crippen LogP contribution in [0, 0.1) is 0 Å². The number of carboxylic acid groups (broad SMARTS) is 2. The smallest absolute Gasteiger partial charge is 0.326 e. The Bertz CT molecular complexity index is 293. The number of rotatable bonds is 10. The van der Waals surface area contributed by atoms with Crippen LogP contribution in [0.5, 0.6) is 0 Å². The number of carbonyl (C=O) groups is 3. The monoisotopic (exact) mass is 260 g/mol. The molecule has 0 spiro atoms. The van der Waals surface area contributed by atoms with Gasteiger partial charge in [0.15, 0.2) is 0 Å². The average Bonchev–Trinajstić information content (AvgIpc) is 2.27. The van der Waals surface area contributed by atoms with Crippen LogP contribution in [0.3, 0.4) is 0 Å². The van der Waals surface area contributed by atoms with E-state index in [0.717, 1.165) is 0 Å². The Kier molecular flexibility index (Phi) is 8.55. The summed E-state index contributed by atoms with van der Waals surface area (Å²) in [4.78, 5) is 32.6. The number of hydrogen-bond donors (Lipinski definition) is 4. The molecule has 0 aromatic heterocycles. The normalized spacial score (nSPS) is 11.8. The predicted molar refractivity (Wildman–Crippen MR) is 64.0 cm³/mol. The zero-order valence-electron chi connectivity index (χ0n) is 10.2. The lowest BCUT2D eigenvalue weighted by Gasteiger charge is -2.13. The molecule has 7 heteroatoms. The quantitative estimate of drug-likeness (QED) is 0.407. The molecule has 1 atom stereocenters. The molecular formula is C11H20N2O5. The molecule has 0 radical (unpaired) electrons. The molecule has 0 bridgehead atoms. The molecule has 0 unspecified atom stereocenters. The van der Waals surface area contributed by atoms with Gasteiger partial charge in [0.05, 0.1) is 0 Å². The van der Waals surface area contributed by atoms with Gasteiger partial charge in [0.2, 0.25) is 5.91 Å². The van der Waals surface area contributed by atoms with Crippen molar-refractivity contribution in [3.63, 3.8) is 0 Å². The summed E-state index contributed by atoms with van der Waals surface area (Å²) in [6.07, 6.45) is 1.79. The molecule has 104 valence electrons. The molecule has 0 rings (SSSR count). The molecule has 5 N–H and O–H groups in total. The Balaban J connectivity index is 3.99. The maximum absolute atomic E-state index is 11.4. The van der Waals surface area contributed by atoms with Gasteiger partial charge in [0.25, 0.3) is 0 Å². The van der Waals surface area contributed by atoms with E-state index in [-0.39, 0.29) is 31.6 Å². The van der Waals surface area contributed by atoms with Gasteiger partial charge in [-0.15, -0.1) is 0 Å². The Morgan fingerprint density at radius 1 is 1.06 bits per heavy atom. The van der Waals surface area contributed by atoms with Gasteiger partial charge in [-0.25, -0.2) is 4.79 Å². The van der Waals surface area contributed by atoms with Crippen molar-refractivity contribution in [1.82, 2.24) is 5.32 Å². The van der Waals surface area contributed by atoms with Crippen LogP contribution in [0.4, 0.5) is 0 Å². The van der Waals surface area contributed by atoms with Gasteiger partial charge >= 0.3 is 11.9 Å². The first-order chi connectivity index (χ1) is 8.47. The van der Waals surface area contributed by atoms with Crippen molar-refractivity contribution in [1.29, 1.82) is 0 Å². The van der Waals surface area contributed by atoms with Crippen molar-refractivity contribution in [2.45, 2.75) is 44.6 Å². The van der Waals surface area contributed by atoms with Crippen LogP contribution in [0.15, 0.2) is 0 Å². The summed E-state index contributed by atoms with van der Waals surface area (Å²) >= 11 is 0. The molecule has 0 aromatic carbocycles. The first-order valence-electron chi connectivity index (χ1n) is 5.91. The highest BCUT2D eigenvalue weighted by Crippen LogP contribution is 2.03. The summed E-state index contributed by atoms with van der Waals surface area (Å²) in [5, 5.41) is 19.7. The first kappa shape index (κ1) is 16.4. The van der Waals surface area contributed by atoms with E-state index in [1.807, 2.05) is 0 Å². The number of amides is 1. The SMILES string of the molecule is NCCCCC(=O)N[C@H](CCCC(=O)O)C(=O)O. The van der Waals surface area contributed by atoms with Gasteiger partial charge in [-0.2, -0.15) is 0 Å². The minimum absolute atomic E-state index is 0.104. The first-order valence-corrected chi connectivity index (χ1v) is 5.91. The van der Waals surface area contributed by atoms with E-state index in [0.29, 0.717) is 19.4 Å². The zero-order valence-corrected chi connectivity index (χ0v) is 10.2. The second-order valence-electron chi connectivity index (χ2n) is 3.99. The van der Waals surface area contributed by atoms with E-state index in [2.05, 4.69) is 5.32 Å². The summed E-state index contributed by atoms with van der Waals surface area (Å²) in [6, 6.07) is -1.02. The summed E-state index contributed by atoms with van der Waals surface area (Å²) in [6.45, 7) is 0.494. The molecule has 0 aliphatic carbocycles. The van der Waals surface area contributed by atoms with Gasteiger partial charge in [0.1, 0.15) is 6.04 Å². The second kappa shape index (κ2) is 9.41. The van der Waals surface area contributed by atoms with Crippen LogP contribution in [-0.4, -0.2) is 40.6 Å². The lowest BCUT2D eigenvalue weighted by Crippen LogP contribution is -2.40. The van der Waals surface area contributed by atoms with Crippen LogP contribution in [0.2, 0.25) is 0 Å². The molecule has 0 heterocycles. The number of aliphatic carboxylic acids is 2. The highest BCUT2D eigenvalue weighted by Gasteiger charge is 2.19. The summed E-state index contributed by atoms with van der Waals surface area (Å²) < 4.78 is 0. The Labute approximate surface area is 105 Å². The lowest BCUT2D eigenvalue weighted by atomic mass is 10.1. The minimum atomic E-state index is -1.15. The fraction of sp³-hybridized carbons (Fsp3) is 0.727. The molecule has 18 heavy (non-hydrogen) atoms. The fourth-order valence-electron chi connectivity index (χ4n) is 1.41. The van der Waals surface area contributed by atoms with Gasteiger partial charge in [0, 0.05) is 12.8 Å². The number of carboxylic acids is 2. The van der Waals surface area contributed by atoms with Crippen molar-refractivity contribution >= 4 is 17.8 Å². The maximum atomic E-state index is 11.4. The average molecular weight is 260 g/mol. The predicted octanol–water partition coefficient (Wildman–Crippen LogP) is -0.0603. The van der Waals surface area contributed by atoms with Crippen molar-refractivity contribution < 1.29 is 24.6 Å². The van der Waals surface area contributed by atoms with Gasteiger partial charge in [-0.1, -0.05) is 0 Å². The molecule has 0 aliphatic heterocycles. The number of nitrogens with two attached hydrogens (primary N) is 1. The minimum Gasteiger partial charge on any atom is -0.481 e. The fourth-order valence-corrected chi connectivity index (χ4v) is 1.41. The summed E-state index contributed by atoms with van der Waals surface area (Å²) in [7, 11) is 0. The molecule has 0 saturated heterocycles. The molecule has 7 nitrogen and oxygen atoms in total. The third kappa shape index (κ3) is 8.51. The molecule has 0 fully saturated rings. The van der Waals surface area contributed by atoms with E-state index < -0.39 is 18.0 Å². The summed E-state index contributed by atoms with van der Waals surface area (Å²) in [5.74, 6) is -2.47. The van der Waals surface area contributed by atoms with E-state index in [4.69, 9.17) is 15.9 Å². The van der Waals surface area contributed by atoms with E-state index in [9.17, 15) is 14.4 Å². The highest BCUT2D eigenvalue weighted by molar-refractivity contribution is 5.83. The lowest BCUT2D eigenvalue weighted by molar-refractivity contribution is -0.142. The van der Waals surface area contributed by atoms with Gasteiger partial charge < -0.3 is 21.3 Å². The third-order valence-electron chi connectivity index (χ3n) is 2.37. The second-order valence-corrected chi connectivity index (χ2v) is 3.99. The summed E-state index contributed by atoms with van der Waals surface area (Å²) in [5.41, 5.74) is 5.28. The number of carbonyl (C=O) groups excluding carboxylic acids is 1. The van der Waals surface area contributed by atoms with Crippen LogP contribution >= 0.6 is 0 Å². The zero-order chi connectivity index (χ0) is 14.0. The van der Waals surface area contributed by atoms with Crippen molar-refractivity contribution in [2.24, 2.45) is 5.73 Å². The number of hydrogen-bond acceptors (Lipinski definition) is 4. The third-order valence-corrected chi connectivity index (χ3v) is 2.37. The molecule has 0 aromatic rings. The maximum Gasteiger partial charge on any atom is 0.326 e. The molecule has 0 saturated carbocycles. The number of nitrogens with one attached hydrogen (secondary N) is 1.